The van der Waals surface area contributed by atoms with Crippen molar-refractivity contribution in [3.63, 3.8) is 0 Å². The summed E-state index contributed by atoms with van der Waals surface area (Å²) in [5, 5.41) is 6.98. The molecule has 2 aliphatic rings. The predicted octanol–water partition coefficient (Wildman–Crippen LogP) is 2.35. The van der Waals surface area contributed by atoms with E-state index in [0.29, 0.717) is 17.9 Å². The Labute approximate surface area is 166 Å². The van der Waals surface area contributed by atoms with Crippen molar-refractivity contribution in [2.24, 2.45) is 22.2 Å². The van der Waals surface area contributed by atoms with Crippen molar-refractivity contribution in [2.45, 2.75) is 53.6 Å². The average Bonchev–Trinajstić information content (AvgIpc) is 2.64. The number of nitrogens with one attached hydrogen (secondary N) is 2. The van der Waals surface area contributed by atoms with Crippen LogP contribution in [0.3, 0.4) is 0 Å². The van der Waals surface area contributed by atoms with Gasteiger partial charge in [0.15, 0.2) is 5.96 Å². The smallest absolute Gasteiger partial charge is 0.191 e. The molecule has 2 aliphatic heterocycles. The number of guanidine groups is 1. The van der Waals surface area contributed by atoms with Crippen molar-refractivity contribution in [1.82, 2.24) is 15.5 Å². The van der Waals surface area contributed by atoms with Crippen LogP contribution in [0.1, 0.15) is 47.5 Å². The van der Waals surface area contributed by atoms with Crippen LogP contribution < -0.4 is 10.6 Å². The summed E-state index contributed by atoms with van der Waals surface area (Å²) in [5.74, 6) is 2.01. The lowest BCUT2D eigenvalue weighted by Gasteiger charge is -2.40. The lowest BCUT2D eigenvalue weighted by Crippen LogP contribution is -2.47. The van der Waals surface area contributed by atoms with Crippen LogP contribution >= 0.6 is 0 Å². The maximum absolute atomic E-state index is 6.11. The third kappa shape index (κ3) is 7.96. The largest absolute Gasteiger partial charge is 0.379 e. The van der Waals surface area contributed by atoms with Crippen molar-refractivity contribution in [3.8, 4) is 0 Å². The molecule has 0 amide bonds. The number of hydrogen-bond acceptors (Lipinski definition) is 4. The van der Waals surface area contributed by atoms with Crippen LogP contribution in [0.5, 0.6) is 0 Å². The molecule has 2 saturated heterocycles. The summed E-state index contributed by atoms with van der Waals surface area (Å²) in [6, 6.07) is 0. The number of aliphatic imine (C=N–C) groups is 1. The fraction of sp³-hybridized carbons (Fsp3) is 0.952. The van der Waals surface area contributed by atoms with E-state index in [2.05, 4.69) is 50.2 Å². The van der Waals surface area contributed by atoms with E-state index >= 15 is 0 Å². The first-order valence-electron chi connectivity index (χ1n) is 10.8. The molecular formula is C21H42N4O2. The van der Waals surface area contributed by atoms with Gasteiger partial charge in [0.1, 0.15) is 0 Å². The van der Waals surface area contributed by atoms with Crippen LogP contribution in [-0.2, 0) is 9.47 Å². The van der Waals surface area contributed by atoms with Crippen molar-refractivity contribution >= 4 is 5.96 Å². The molecule has 2 fully saturated rings. The van der Waals surface area contributed by atoms with E-state index < -0.39 is 0 Å². The lowest BCUT2D eigenvalue weighted by molar-refractivity contribution is -0.0835. The molecule has 2 rings (SSSR count). The minimum Gasteiger partial charge on any atom is -0.379 e. The van der Waals surface area contributed by atoms with Crippen LogP contribution in [0.4, 0.5) is 0 Å². The molecule has 0 aromatic carbocycles. The second-order valence-electron chi connectivity index (χ2n) is 9.18. The number of morpholine rings is 1. The third-order valence-electron chi connectivity index (χ3n) is 5.41. The number of hydrogen-bond donors (Lipinski definition) is 2. The van der Waals surface area contributed by atoms with Gasteiger partial charge in [0.2, 0.25) is 0 Å². The summed E-state index contributed by atoms with van der Waals surface area (Å²) in [6.45, 7) is 19.7. The summed E-state index contributed by atoms with van der Waals surface area (Å²) in [7, 11) is 0. The van der Waals surface area contributed by atoms with Crippen LogP contribution in [0.15, 0.2) is 4.99 Å². The molecule has 158 valence electrons. The van der Waals surface area contributed by atoms with Crippen molar-refractivity contribution in [3.05, 3.63) is 0 Å². The topological polar surface area (TPSA) is 58.1 Å². The van der Waals surface area contributed by atoms with Crippen LogP contribution in [-0.4, -0.2) is 76.1 Å². The van der Waals surface area contributed by atoms with E-state index in [-0.39, 0.29) is 5.41 Å². The van der Waals surface area contributed by atoms with Gasteiger partial charge >= 0.3 is 0 Å². The normalized spacial score (nSPS) is 26.6. The fourth-order valence-electron chi connectivity index (χ4n) is 4.11. The second-order valence-corrected chi connectivity index (χ2v) is 9.18. The monoisotopic (exact) mass is 382 g/mol. The minimum atomic E-state index is 0.176. The minimum absolute atomic E-state index is 0.176. The Hall–Kier alpha value is -0.850. The Morgan fingerprint density at radius 1 is 1.19 bits per heavy atom. The maximum Gasteiger partial charge on any atom is 0.191 e. The third-order valence-corrected chi connectivity index (χ3v) is 5.41. The molecule has 3 unspecified atom stereocenters. The molecule has 27 heavy (non-hydrogen) atoms. The first kappa shape index (κ1) is 22.4. The van der Waals surface area contributed by atoms with Gasteiger partial charge in [-0.2, -0.15) is 0 Å². The molecule has 0 aromatic rings. The van der Waals surface area contributed by atoms with Gasteiger partial charge in [0, 0.05) is 51.8 Å². The quantitative estimate of drug-likeness (QED) is 0.523. The highest BCUT2D eigenvalue weighted by atomic mass is 16.5. The van der Waals surface area contributed by atoms with Crippen LogP contribution in [0, 0.1) is 17.3 Å². The summed E-state index contributed by atoms with van der Waals surface area (Å²) in [4.78, 5) is 7.33. The Balaban J connectivity index is 1.83. The molecule has 0 saturated carbocycles. The van der Waals surface area contributed by atoms with Gasteiger partial charge in [-0.15, -0.1) is 0 Å². The van der Waals surface area contributed by atoms with Gasteiger partial charge in [-0.05, 0) is 31.1 Å². The zero-order valence-corrected chi connectivity index (χ0v) is 18.2. The summed E-state index contributed by atoms with van der Waals surface area (Å²) in [6.07, 6.45) is 2.69. The fourth-order valence-corrected chi connectivity index (χ4v) is 4.11. The Morgan fingerprint density at radius 2 is 1.93 bits per heavy atom. The zero-order valence-electron chi connectivity index (χ0n) is 18.2. The van der Waals surface area contributed by atoms with Crippen molar-refractivity contribution in [2.75, 3.05) is 59.1 Å². The molecule has 0 aliphatic carbocycles. The van der Waals surface area contributed by atoms with Crippen LogP contribution in [0.25, 0.3) is 0 Å². The van der Waals surface area contributed by atoms with Gasteiger partial charge in [0.05, 0.1) is 19.3 Å². The van der Waals surface area contributed by atoms with E-state index in [1.807, 2.05) is 0 Å². The molecule has 0 aromatic heterocycles. The molecule has 6 nitrogen and oxygen atoms in total. The standard InChI is InChI=1S/C21H42N4O2/c1-6-22-20(23-14-17(2)16-25-9-12-26-13-10-25)24-15-18-8-7-11-27-19(18)21(3,4)5/h17-19H,6-16H2,1-5H3,(H2,22,23,24). The lowest BCUT2D eigenvalue weighted by atomic mass is 9.78. The highest BCUT2D eigenvalue weighted by molar-refractivity contribution is 5.79. The SMILES string of the molecule is CCNC(=NCC(C)CN1CCOCC1)NCC1CCCOC1C(C)(C)C. The van der Waals surface area contributed by atoms with Gasteiger partial charge in [0.25, 0.3) is 0 Å². The molecule has 0 spiro atoms. The summed E-state index contributed by atoms with van der Waals surface area (Å²) in [5.41, 5.74) is 0.176. The summed E-state index contributed by atoms with van der Waals surface area (Å²) >= 11 is 0. The Kier molecular flexibility index (Phi) is 9.33. The van der Waals surface area contributed by atoms with E-state index in [0.717, 1.165) is 71.5 Å². The molecule has 3 atom stereocenters. The first-order chi connectivity index (χ1) is 12.9. The number of nitrogens with zero attached hydrogens (tertiary/aromatic N) is 2. The van der Waals surface area contributed by atoms with Gasteiger partial charge < -0.3 is 20.1 Å². The Morgan fingerprint density at radius 3 is 2.59 bits per heavy atom. The molecule has 0 bridgehead atoms. The maximum atomic E-state index is 6.11. The van der Waals surface area contributed by atoms with E-state index in [9.17, 15) is 0 Å². The van der Waals surface area contributed by atoms with Crippen molar-refractivity contribution in [1.29, 1.82) is 0 Å². The molecule has 6 heteroatoms. The zero-order chi connectivity index (χ0) is 19.7. The highest BCUT2D eigenvalue weighted by Crippen LogP contribution is 2.33. The molecule has 0 radical (unpaired) electrons. The number of ether oxygens (including phenoxy) is 2. The average molecular weight is 383 g/mol. The van der Waals surface area contributed by atoms with E-state index in [4.69, 9.17) is 14.5 Å². The van der Waals surface area contributed by atoms with Crippen molar-refractivity contribution < 1.29 is 9.47 Å². The molecule has 2 N–H and O–H groups in total. The first-order valence-corrected chi connectivity index (χ1v) is 10.8. The molecule has 2 heterocycles. The van der Waals surface area contributed by atoms with E-state index in [1.165, 1.54) is 6.42 Å². The van der Waals surface area contributed by atoms with Gasteiger partial charge in [-0.3, -0.25) is 9.89 Å². The van der Waals surface area contributed by atoms with E-state index in [1.54, 1.807) is 0 Å². The van der Waals surface area contributed by atoms with Gasteiger partial charge in [-0.1, -0.05) is 27.7 Å². The van der Waals surface area contributed by atoms with Gasteiger partial charge in [-0.25, -0.2) is 0 Å². The molecular weight excluding hydrogens is 340 g/mol. The van der Waals surface area contributed by atoms with Crippen LogP contribution in [0.2, 0.25) is 0 Å². The second kappa shape index (κ2) is 11.2. The predicted molar refractivity (Wildman–Crippen MR) is 112 cm³/mol. The Bertz CT molecular complexity index is 444. The highest BCUT2D eigenvalue weighted by Gasteiger charge is 2.35. The number of rotatable bonds is 7. The summed E-state index contributed by atoms with van der Waals surface area (Å²) < 4.78 is 11.5.